The lowest BCUT2D eigenvalue weighted by Gasteiger charge is -2.14. The number of thioether (sulfide) groups is 1. The van der Waals surface area contributed by atoms with Crippen LogP contribution < -0.4 is 0 Å². The number of rotatable bonds is 7. The minimum atomic E-state index is -1.33. The number of carbonyl (C=O) groups excluding carboxylic acids is 4. The number of fused-ring (bicyclic) bond motifs is 2. The summed E-state index contributed by atoms with van der Waals surface area (Å²) in [5.74, 6) is -2.93. The Morgan fingerprint density at radius 2 is 1.65 bits per heavy atom. The van der Waals surface area contributed by atoms with Gasteiger partial charge in [0.2, 0.25) is 0 Å². The molecular formula is C23H21ClO6S. The summed E-state index contributed by atoms with van der Waals surface area (Å²) < 4.78 is 9.85. The van der Waals surface area contributed by atoms with Gasteiger partial charge in [0.25, 0.3) is 0 Å². The van der Waals surface area contributed by atoms with E-state index in [-0.39, 0.29) is 25.4 Å². The van der Waals surface area contributed by atoms with Gasteiger partial charge in [-0.3, -0.25) is 19.2 Å². The van der Waals surface area contributed by atoms with Gasteiger partial charge < -0.3 is 9.47 Å². The minimum Gasteiger partial charge on any atom is -0.465 e. The van der Waals surface area contributed by atoms with Crippen molar-refractivity contribution in [1.82, 2.24) is 0 Å². The van der Waals surface area contributed by atoms with E-state index in [1.807, 2.05) is 0 Å². The third kappa shape index (κ3) is 5.17. The number of benzene rings is 2. The predicted molar refractivity (Wildman–Crippen MR) is 117 cm³/mol. The molecule has 1 aliphatic rings. The van der Waals surface area contributed by atoms with Gasteiger partial charge in [0.05, 0.1) is 13.2 Å². The van der Waals surface area contributed by atoms with E-state index in [0.29, 0.717) is 32.4 Å². The molecule has 0 unspecified atom stereocenters. The van der Waals surface area contributed by atoms with Crippen molar-refractivity contribution in [3.63, 3.8) is 0 Å². The van der Waals surface area contributed by atoms with Gasteiger partial charge in [-0.2, -0.15) is 0 Å². The quantitative estimate of drug-likeness (QED) is 0.341. The van der Waals surface area contributed by atoms with E-state index in [1.54, 1.807) is 44.2 Å². The summed E-state index contributed by atoms with van der Waals surface area (Å²) in [5.41, 5.74) is 2.22. The number of ketones is 2. The molecule has 3 rings (SSSR count). The Balaban J connectivity index is 1.85. The SMILES string of the molecule is CCOC(=O)C(CC(=O)c1ccc2c(c1)SCc1cc(Cl)ccc1C2=O)C(=O)OCC. The third-order valence-electron chi connectivity index (χ3n) is 4.78. The molecule has 0 N–H and O–H groups in total. The maximum Gasteiger partial charge on any atom is 0.320 e. The molecule has 0 fully saturated rings. The van der Waals surface area contributed by atoms with Crippen LogP contribution in [0.5, 0.6) is 0 Å². The number of ether oxygens (including phenoxy) is 2. The van der Waals surface area contributed by atoms with E-state index in [0.717, 1.165) is 5.56 Å². The Kier molecular flexibility index (Phi) is 7.51. The number of hydrogen-bond acceptors (Lipinski definition) is 7. The average molecular weight is 461 g/mol. The van der Waals surface area contributed by atoms with Gasteiger partial charge in [0.1, 0.15) is 0 Å². The van der Waals surface area contributed by atoms with Crippen LogP contribution in [-0.4, -0.2) is 36.7 Å². The summed E-state index contributed by atoms with van der Waals surface area (Å²) in [6, 6.07) is 9.91. The normalized spacial score (nSPS) is 12.6. The Hall–Kier alpha value is -2.64. The highest BCUT2D eigenvalue weighted by molar-refractivity contribution is 7.98. The van der Waals surface area contributed by atoms with Gasteiger partial charge in [-0.15, -0.1) is 11.8 Å². The van der Waals surface area contributed by atoms with Crippen LogP contribution in [-0.2, 0) is 24.8 Å². The molecule has 1 aliphatic heterocycles. The standard InChI is InChI=1S/C23H21ClO6S/c1-3-29-22(27)18(23(28)30-4-2)11-19(25)13-5-7-17-20(10-13)31-12-14-9-15(24)6-8-16(14)21(17)26/h5-10,18H,3-4,11-12H2,1-2H3. The number of halogens is 1. The fraction of sp³-hybridized carbons (Fsp3) is 0.304. The zero-order valence-corrected chi connectivity index (χ0v) is 18.7. The highest BCUT2D eigenvalue weighted by Crippen LogP contribution is 2.35. The minimum absolute atomic E-state index is 0.0884. The first-order chi connectivity index (χ1) is 14.8. The van der Waals surface area contributed by atoms with Crippen LogP contribution in [0.3, 0.4) is 0 Å². The largest absolute Gasteiger partial charge is 0.465 e. The Labute approximate surface area is 189 Å². The van der Waals surface area contributed by atoms with Crippen molar-refractivity contribution >= 4 is 46.9 Å². The van der Waals surface area contributed by atoms with E-state index in [2.05, 4.69) is 0 Å². The molecule has 0 bridgehead atoms. The second kappa shape index (κ2) is 10.1. The van der Waals surface area contributed by atoms with Gasteiger partial charge in [0, 0.05) is 38.8 Å². The smallest absolute Gasteiger partial charge is 0.320 e. The van der Waals surface area contributed by atoms with Crippen LogP contribution in [0.4, 0.5) is 0 Å². The molecule has 31 heavy (non-hydrogen) atoms. The van der Waals surface area contributed by atoms with E-state index in [4.69, 9.17) is 21.1 Å². The van der Waals surface area contributed by atoms with E-state index in [9.17, 15) is 19.2 Å². The Morgan fingerprint density at radius 3 is 2.29 bits per heavy atom. The van der Waals surface area contributed by atoms with Crippen molar-refractivity contribution in [2.75, 3.05) is 13.2 Å². The van der Waals surface area contributed by atoms with Crippen LogP contribution in [0, 0.1) is 5.92 Å². The lowest BCUT2D eigenvalue weighted by atomic mass is 9.95. The third-order valence-corrected chi connectivity index (χ3v) is 6.11. The number of carbonyl (C=O) groups is 4. The Morgan fingerprint density at radius 1 is 1.00 bits per heavy atom. The van der Waals surface area contributed by atoms with Gasteiger partial charge in [-0.25, -0.2) is 0 Å². The summed E-state index contributed by atoms with van der Waals surface area (Å²) in [6.07, 6.45) is -0.370. The van der Waals surface area contributed by atoms with Crippen LogP contribution in [0.25, 0.3) is 0 Å². The molecule has 2 aromatic rings. The topological polar surface area (TPSA) is 86.7 Å². The summed E-state index contributed by atoms with van der Waals surface area (Å²) in [6.45, 7) is 3.41. The zero-order chi connectivity index (χ0) is 22.5. The summed E-state index contributed by atoms with van der Waals surface area (Å²) in [5, 5.41) is 0.554. The molecule has 6 nitrogen and oxygen atoms in total. The van der Waals surface area contributed by atoms with E-state index in [1.165, 1.54) is 17.8 Å². The molecule has 0 atom stereocenters. The van der Waals surface area contributed by atoms with Crippen LogP contribution >= 0.6 is 23.4 Å². The van der Waals surface area contributed by atoms with Gasteiger partial charge in [-0.1, -0.05) is 17.7 Å². The zero-order valence-electron chi connectivity index (χ0n) is 17.1. The number of Topliss-reactive ketones (excluding diaryl/α,β-unsaturated/α-hetero) is 1. The van der Waals surface area contributed by atoms with Crippen LogP contribution in [0.1, 0.15) is 52.1 Å². The van der Waals surface area contributed by atoms with Crippen molar-refractivity contribution in [2.24, 2.45) is 5.92 Å². The number of esters is 2. The fourth-order valence-corrected chi connectivity index (χ4v) is 4.53. The molecule has 1 heterocycles. The highest BCUT2D eigenvalue weighted by Gasteiger charge is 2.32. The molecule has 0 spiro atoms. The molecule has 0 amide bonds. The molecule has 0 aliphatic carbocycles. The first kappa shape index (κ1) is 23.0. The van der Waals surface area contributed by atoms with Gasteiger partial charge >= 0.3 is 11.9 Å². The second-order valence-corrected chi connectivity index (χ2v) is 8.27. The maximum absolute atomic E-state index is 13.0. The monoisotopic (exact) mass is 460 g/mol. The first-order valence-electron chi connectivity index (χ1n) is 9.82. The van der Waals surface area contributed by atoms with Crippen molar-refractivity contribution < 1.29 is 28.7 Å². The molecule has 0 radical (unpaired) electrons. The molecule has 0 aromatic heterocycles. The van der Waals surface area contributed by atoms with E-state index < -0.39 is 23.6 Å². The van der Waals surface area contributed by atoms with E-state index >= 15 is 0 Å². The fourth-order valence-electron chi connectivity index (χ4n) is 3.26. The molecule has 0 saturated heterocycles. The first-order valence-corrected chi connectivity index (χ1v) is 11.2. The molecule has 2 aromatic carbocycles. The average Bonchev–Trinajstić information content (AvgIpc) is 2.88. The summed E-state index contributed by atoms with van der Waals surface area (Å²) >= 11 is 7.49. The molecular weight excluding hydrogens is 440 g/mol. The van der Waals surface area contributed by atoms with Crippen molar-refractivity contribution in [3.8, 4) is 0 Å². The lowest BCUT2D eigenvalue weighted by molar-refractivity contribution is -0.161. The second-order valence-electron chi connectivity index (χ2n) is 6.81. The van der Waals surface area contributed by atoms with Crippen LogP contribution in [0.2, 0.25) is 5.02 Å². The number of hydrogen-bond donors (Lipinski definition) is 0. The molecule has 8 heteroatoms. The Bertz CT molecular complexity index is 1030. The highest BCUT2D eigenvalue weighted by atomic mass is 35.5. The van der Waals surface area contributed by atoms with Crippen LogP contribution in [0.15, 0.2) is 41.3 Å². The van der Waals surface area contributed by atoms with Crippen molar-refractivity contribution in [1.29, 1.82) is 0 Å². The summed E-state index contributed by atoms with van der Waals surface area (Å²) in [4.78, 5) is 50.8. The molecule has 162 valence electrons. The molecule has 0 saturated carbocycles. The predicted octanol–water partition coefficient (Wildman–Crippen LogP) is 4.49. The van der Waals surface area contributed by atoms with Crippen molar-refractivity contribution in [2.45, 2.75) is 30.9 Å². The summed E-state index contributed by atoms with van der Waals surface area (Å²) in [7, 11) is 0. The van der Waals surface area contributed by atoms with Gasteiger partial charge in [-0.05, 0) is 49.7 Å². The van der Waals surface area contributed by atoms with Gasteiger partial charge in [0.15, 0.2) is 17.5 Å². The van der Waals surface area contributed by atoms with Crippen molar-refractivity contribution in [3.05, 3.63) is 63.7 Å². The maximum atomic E-state index is 13.0. The lowest BCUT2D eigenvalue weighted by Crippen LogP contribution is -2.30.